The quantitative estimate of drug-likeness (QED) is 0.0342. The minimum Gasteiger partial charge on any atom is -0.494 e. The molecule has 0 atom stereocenters. The molecule has 0 N–H and O–H groups in total. The summed E-state index contributed by atoms with van der Waals surface area (Å²) in [6.07, 6.45) is 56.7. The molecule has 0 bridgehead atoms. The number of unbranched alkanes of at least 4 members (excludes halogenated alkanes) is 15. The van der Waals surface area contributed by atoms with E-state index in [0.717, 1.165) is 222 Å². The smallest absolute Gasteiger partial charge is 0.119 e. The molecule has 10 nitrogen and oxygen atoms in total. The van der Waals surface area contributed by atoms with Crippen LogP contribution in [-0.4, -0.2) is 58.0 Å². The third kappa shape index (κ3) is 46.0. The lowest BCUT2D eigenvalue weighted by Crippen LogP contribution is -1.98. The fourth-order valence-electron chi connectivity index (χ4n) is 13.8. The highest BCUT2D eigenvalue weighted by Crippen LogP contribution is 2.22. The number of rotatable bonds is 55. The van der Waals surface area contributed by atoms with Gasteiger partial charge in [-0.05, 0) is 275 Å². The predicted molar refractivity (Wildman–Crippen MR) is 509 cm³/mol. The van der Waals surface area contributed by atoms with E-state index in [4.69, 9.17) is 23.7 Å². The van der Waals surface area contributed by atoms with E-state index >= 15 is 0 Å². The van der Waals surface area contributed by atoms with E-state index in [1.54, 1.807) is 0 Å². The Balaban J connectivity index is 0.000000233. The summed E-state index contributed by atoms with van der Waals surface area (Å²) in [6, 6.07) is 64.6. The van der Waals surface area contributed by atoms with Gasteiger partial charge in [0, 0.05) is 59.5 Å². The third-order valence-electron chi connectivity index (χ3n) is 21.4. The fourth-order valence-corrected chi connectivity index (χ4v) is 13.8. The van der Waals surface area contributed by atoms with Gasteiger partial charge < -0.3 is 23.7 Å². The molecule has 0 saturated heterocycles. The molecule has 10 heteroatoms. The van der Waals surface area contributed by atoms with Gasteiger partial charge in [0.2, 0.25) is 0 Å². The molecule has 0 saturated carbocycles. The van der Waals surface area contributed by atoms with Crippen molar-refractivity contribution in [3.8, 4) is 28.7 Å². The zero-order chi connectivity index (χ0) is 85.2. The highest BCUT2D eigenvalue weighted by Gasteiger charge is 2.08. The van der Waals surface area contributed by atoms with E-state index in [1.165, 1.54) is 180 Å². The molecule has 0 radical (unpaired) electrons. The van der Waals surface area contributed by atoms with Crippen LogP contribution < -0.4 is 23.7 Å². The van der Waals surface area contributed by atoms with E-state index in [0.29, 0.717) is 0 Å². The fraction of sp³-hybridized carbons (Fsp3) is 0.500. The predicted octanol–water partition coefficient (Wildman–Crippen LogP) is 28.9. The van der Waals surface area contributed by atoms with E-state index in [1.807, 2.05) is 31.0 Å². The van der Waals surface area contributed by atoms with Crippen LogP contribution in [0.4, 0.5) is 0 Å². The first-order chi connectivity index (χ1) is 59.1. The number of hydrogen-bond acceptors (Lipinski definition) is 10. The molecule has 5 aromatic carbocycles. The van der Waals surface area contributed by atoms with E-state index < -0.39 is 0 Å². The molecule has 0 spiro atoms. The number of ether oxygens (including phenoxy) is 5. The molecule has 10 rings (SSSR count). The monoisotopic (exact) mass is 1630 g/mol. The Morgan fingerprint density at radius 2 is 0.308 bits per heavy atom. The van der Waals surface area contributed by atoms with Gasteiger partial charge in [-0.15, -0.1) is 0 Å². The summed E-state index contributed by atoms with van der Waals surface area (Å²) in [6.45, 7) is 26.2. The van der Waals surface area contributed by atoms with Crippen LogP contribution in [0.3, 0.4) is 0 Å². The second kappa shape index (κ2) is 65.6. The van der Waals surface area contributed by atoms with E-state index in [-0.39, 0.29) is 0 Å². The van der Waals surface area contributed by atoms with Crippen LogP contribution in [0.1, 0.15) is 314 Å². The van der Waals surface area contributed by atoms with Gasteiger partial charge in [0.25, 0.3) is 0 Å². The maximum Gasteiger partial charge on any atom is 0.119 e. The first kappa shape index (κ1) is 99.7. The van der Waals surface area contributed by atoms with Gasteiger partial charge >= 0.3 is 0 Å². The van der Waals surface area contributed by atoms with Crippen LogP contribution >= 0.6 is 0 Å². The summed E-state index contributed by atoms with van der Waals surface area (Å²) in [5, 5.41) is 0. The maximum absolute atomic E-state index is 5.86. The van der Waals surface area contributed by atoms with Gasteiger partial charge in [-0.2, -0.15) is 0 Å². The summed E-state index contributed by atoms with van der Waals surface area (Å²) in [5.41, 5.74) is 19.3. The first-order valence-electron chi connectivity index (χ1n) is 47.4. The molecule has 650 valence electrons. The summed E-state index contributed by atoms with van der Waals surface area (Å²) in [5.74, 6) is 4.93. The topological polar surface area (TPSA) is 111 Å². The average molecular weight is 1630 g/mol. The molecule has 0 fully saturated rings. The Bertz CT molecular complexity index is 4040. The van der Waals surface area contributed by atoms with Gasteiger partial charge in [-0.3, -0.25) is 24.9 Å². The molecule has 120 heavy (non-hydrogen) atoms. The Morgan fingerprint density at radius 1 is 0.150 bits per heavy atom. The van der Waals surface area contributed by atoms with Crippen LogP contribution in [0.2, 0.25) is 0 Å². The van der Waals surface area contributed by atoms with Gasteiger partial charge in [-0.25, -0.2) is 0 Å². The molecule has 0 aliphatic heterocycles. The van der Waals surface area contributed by atoms with Crippen molar-refractivity contribution < 1.29 is 23.7 Å². The summed E-state index contributed by atoms with van der Waals surface area (Å²) < 4.78 is 28.9. The Labute approximate surface area is 729 Å². The number of aromatic nitrogens is 5. The van der Waals surface area contributed by atoms with Crippen molar-refractivity contribution >= 4 is 0 Å². The second-order valence-corrected chi connectivity index (χ2v) is 32.3. The number of nitrogens with zero attached hydrogens (tertiary/aromatic N) is 5. The SMILES string of the molecule is CCCCCCCCOc1ccc(CCc2ccc(CCC)nc2)cc1.CCCCCCCOc1ccc(CCc2ccc(CCC)nc2)cc1.CCCCCCOc1ccc(CCc2ccc(CCC)nc2)cc1.CCCCCOc1ccc(CCc2ccc(CCC)nc2)cc1.CCCCOc1ccc(CCc2ccc(CCC)nc2)cc1. The summed E-state index contributed by atoms with van der Waals surface area (Å²) >= 11 is 0. The molecule has 5 aromatic heterocycles. The lowest BCUT2D eigenvalue weighted by Gasteiger charge is -2.08. The average Bonchev–Trinajstić information content (AvgIpc) is 0.874. The second-order valence-electron chi connectivity index (χ2n) is 32.3. The molecule has 0 unspecified atom stereocenters. The van der Waals surface area contributed by atoms with Crippen LogP contribution in [0.25, 0.3) is 0 Å². The molecule has 5 heterocycles. The largest absolute Gasteiger partial charge is 0.494 e. The van der Waals surface area contributed by atoms with Gasteiger partial charge in [0.1, 0.15) is 28.7 Å². The molecule has 10 aromatic rings. The number of pyridine rings is 5. The molecular formula is C110H155N5O5. The molecular weight excluding hydrogens is 1470 g/mol. The van der Waals surface area contributed by atoms with Crippen LogP contribution in [0.15, 0.2) is 213 Å². The van der Waals surface area contributed by atoms with Crippen molar-refractivity contribution in [2.75, 3.05) is 33.0 Å². The third-order valence-corrected chi connectivity index (χ3v) is 21.4. The Hall–Kier alpha value is -9.15. The number of benzene rings is 5. The minimum absolute atomic E-state index is 0.811. The number of hydrogen-bond donors (Lipinski definition) is 0. The zero-order valence-corrected chi connectivity index (χ0v) is 76.3. The van der Waals surface area contributed by atoms with Gasteiger partial charge in [0.05, 0.1) is 33.0 Å². The maximum atomic E-state index is 5.86. The minimum atomic E-state index is 0.811. The van der Waals surface area contributed by atoms with Crippen molar-refractivity contribution in [2.24, 2.45) is 0 Å². The lowest BCUT2D eigenvalue weighted by molar-refractivity contribution is 0.304. The van der Waals surface area contributed by atoms with Gasteiger partial charge in [0.15, 0.2) is 0 Å². The summed E-state index contributed by atoms with van der Waals surface area (Å²) in [7, 11) is 0. The zero-order valence-electron chi connectivity index (χ0n) is 76.3. The van der Waals surface area contributed by atoms with Crippen molar-refractivity contribution in [1.82, 2.24) is 24.9 Å². The van der Waals surface area contributed by atoms with Crippen molar-refractivity contribution in [3.63, 3.8) is 0 Å². The normalized spacial score (nSPS) is 10.8. The number of aryl methyl sites for hydroxylation is 15. The Kier molecular flexibility index (Phi) is 54.5. The van der Waals surface area contributed by atoms with Crippen molar-refractivity contribution in [1.29, 1.82) is 0 Å². The molecule has 0 aliphatic carbocycles. The van der Waals surface area contributed by atoms with Gasteiger partial charge in [-0.1, -0.05) is 289 Å². The van der Waals surface area contributed by atoms with Crippen LogP contribution in [0.5, 0.6) is 28.7 Å². The van der Waals surface area contributed by atoms with Crippen molar-refractivity contribution in [2.45, 2.75) is 326 Å². The Morgan fingerprint density at radius 3 is 0.500 bits per heavy atom. The molecule has 0 aliphatic rings. The van der Waals surface area contributed by atoms with Crippen LogP contribution in [-0.2, 0) is 96.3 Å². The van der Waals surface area contributed by atoms with E-state index in [9.17, 15) is 0 Å². The van der Waals surface area contributed by atoms with Crippen LogP contribution in [0, 0.1) is 0 Å². The van der Waals surface area contributed by atoms with E-state index in [2.05, 4.69) is 276 Å². The highest BCUT2D eigenvalue weighted by atomic mass is 16.5. The lowest BCUT2D eigenvalue weighted by atomic mass is 10.1. The molecule has 0 amide bonds. The standard InChI is InChI=1S/C24H35NO.C23H33NO.C22H31NO.C21H29NO.C20H27NO/c1-3-5-6-7-8-9-19-26-24-17-14-21(15-18-24)11-12-22-13-16-23(10-4-2)25-20-22;1-3-5-6-7-8-18-25-23-16-13-20(14-17-23)10-11-21-12-15-22(9-4-2)24-19-21;1-3-5-6-7-17-24-22-15-12-19(13-16-22)9-10-20-11-14-21(8-4-2)23-18-20;1-3-5-6-16-23-21-14-11-18(12-15-21)8-9-19-10-13-20(7-4-2)22-17-19;1-3-5-15-22-20-13-10-17(11-14-20)7-8-18-9-12-19(6-4-2)21-16-18/h13-18,20H,3-12,19H2,1-2H3;12-17,19H,3-11,18H2,1-2H3;11-16,18H,3-10,17H2,1-2H3;10-15,17H,3-9,16H2,1-2H3;9-14,16H,3-8,15H2,1-2H3. The summed E-state index contributed by atoms with van der Waals surface area (Å²) in [4.78, 5) is 22.6. The van der Waals surface area contributed by atoms with Crippen molar-refractivity contribution in [3.05, 3.63) is 297 Å². The first-order valence-corrected chi connectivity index (χ1v) is 47.4. The highest BCUT2D eigenvalue weighted by molar-refractivity contribution is 5.33.